The fraction of sp³-hybridized carbons (Fsp3) is 0.348. The minimum absolute atomic E-state index is 0.132. The molecule has 1 aromatic heterocycles. The molecule has 1 atom stereocenters. The maximum absolute atomic E-state index is 13.4. The van der Waals surface area contributed by atoms with Gasteiger partial charge in [-0.25, -0.2) is 9.07 Å². The molecule has 2 aromatic carbocycles. The van der Waals surface area contributed by atoms with Crippen LogP contribution < -0.4 is 9.47 Å². The molecule has 166 valence electrons. The number of rotatable bonds is 5. The van der Waals surface area contributed by atoms with Gasteiger partial charge in [0.05, 0.1) is 12.7 Å². The van der Waals surface area contributed by atoms with Crippen molar-refractivity contribution in [1.29, 1.82) is 0 Å². The van der Waals surface area contributed by atoms with Crippen LogP contribution in [0.5, 0.6) is 11.5 Å². The molecule has 1 amide bonds. The Kier molecular flexibility index (Phi) is 5.72. The molecule has 2 aliphatic heterocycles. The highest BCUT2D eigenvalue weighted by atomic mass is 19.1. The van der Waals surface area contributed by atoms with Crippen LogP contribution in [0.15, 0.2) is 54.7 Å². The Bertz CT molecular complexity index is 1100. The molecule has 0 radical (unpaired) electrons. The van der Waals surface area contributed by atoms with Crippen LogP contribution in [0, 0.1) is 5.82 Å². The van der Waals surface area contributed by atoms with Crippen LogP contribution in [-0.4, -0.2) is 69.6 Å². The van der Waals surface area contributed by atoms with Crippen molar-refractivity contribution >= 4 is 5.91 Å². The van der Waals surface area contributed by atoms with Crippen molar-refractivity contribution in [3.05, 3.63) is 71.8 Å². The highest BCUT2D eigenvalue weighted by Crippen LogP contribution is 2.31. The molecular formula is C23H24FN5O3. The zero-order chi connectivity index (χ0) is 21.9. The Balaban J connectivity index is 1.14. The SMILES string of the molecule is O=C(c1cn(C[C@@H]2COc3ccccc3O2)nn1)N1CCN(Cc2cccc(F)c2)CC1. The number of halogens is 1. The third-order valence-electron chi connectivity index (χ3n) is 5.67. The van der Waals surface area contributed by atoms with E-state index < -0.39 is 0 Å². The molecular weight excluding hydrogens is 413 g/mol. The quantitative estimate of drug-likeness (QED) is 0.610. The predicted octanol–water partition coefficient (Wildman–Crippen LogP) is 2.22. The fourth-order valence-corrected chi connectivity index (χ4v) is 4.01. The number of carbonyl (C=O) groups excluding carboxylic acids is 1. The standard InChI is InChI=1S/C23H24FN5O3/c24-18-5-3-4-17(12-18)13-27-8-10-28(11-9-27)23(30)20-15-29(26-25-20)14-19-16-31-21-6-1-2-7-22(21)32-19/h1-7,12,15,19H,8-11,13-14,16H2/t19-/m1/s1. The van der Waals surface area contributed by atoms with Gasteiger partial charge in [-0.3, -0.25) is 9.69 Å². The Morgan fingerprint density at radius 2 is 1.88 bits per heavy atom. The summed E-state index contributed by atoms with van der Waals surface area (Å²) < 4.78 is 26.7. The molecule has 0 aliphatic carbocycles. The van der Waals surface area contributed by atoms with E-state index in [1.54, 1.807) is 27.9 Å². The molecule has 0 saturated carbocycles. The van der Waals surface area contributed by atoms with Crippen LogP contribution in [0.25, 0.3) is 0 Å². The highest BCUT2D eigenvalue weighted by Gasteiger charge is 2.26. The van der Waals surface area contributed by atoms with Gasteiger partial charge in [-0.1, -0.05) is 29.5 Å². The molecule has 0 unspecified atom stereocenters. The maximum Gasteiger partial charge on any atom is 0.276 e. The lowest BCUT2D eigenvalue weighted by molar-refractivity contribution is 0.0622. The summed E-state index contributed by atoms with van der Waals surface area (Å²) >= 11 is 0. The molecule has 5 rings (SSSR count). The van der Waals surface area contributed by atoms with E-state index in [2.05, 4.69) is 15.2 Å². The van der Waals surface area contributed by atoms with Gasteiger partial charge in [0, 0.05) is 32.7 Å². The van der Waals surface area contributed by atoms with Crippen LogP contribution in [-0.2, 0) is 13.1 Å². The number of hydrogen-bond donors (Lipinski definition) is 0. The topological polar surface area (TPSA) is 72.7 Å². The second-order valence-electron chi connectivity index (χ2n) is 8.02. The summed E-state index contributed by atoms with van der Waals surface area (Å²) in [5.41, 5.74) is 1.25. The Morgan fingerprint density at radius 3 is 2.69 bits per heavy atom. The van der Waals surface area contributed by atoms with E-state index in [-0.39, 0.29) is 17.8 Å². The largest absolute Gasteiger partial charge is 0.486 e. The minimum atomic E-state index is -0.228. The molecule has 1 fully saturated rings. The van der Waals surface area contributed by atoms with Crippen molar-refractivity contribution in [1.82, 2.24) is 24.8 Å². The number of amides is 1. The fourth-order valence-electron chi connectivity index (χ4n) is 4.01. The van der Waals surface area contributed by atoms with Gasteiger partial charge in [-0.15, -0.1) is 5.10 Å². The smallest absolute Gasteiger partial charge is 0.276 e. The molecule has 9 heteroatoms. The second-order valence-corrected chi connectivity index (χ2v) is 8.02. The van der Waals surface area contributed by atoms with Crippen LogP contribution in [0.3, 0.4) is 0 Å². The first-order chi connectivity index (χ1) is 15.6. The summed E-state index contributed by atoms with van der Waals surface area (Å²) in [5.74, 6) is 1.08. The van der Waals surface area contributed by atoms with Crippen LogP contribution in [0.2, 0.25) is 0 Å². The third kappa shape index (κ3) is 4.57. The monoisotopic (exact) mass is 437 g/mol. The molecule has 0 bridgehead atoms. The number of fused-ring (bicyclic) bond motifs is 1. The van der Waals surface area contributed by atoms with Crippen molar-refractivity contribution < 1.29 is 18.7 Å². The lowest BCUT2D eigenvalue weighted by atomic mass is 10.2. The van der Waals surface area contributed by atoms with Gasteiger partial charge in [0.25, 0.3) is 5.91 Å². The number of piperazine rings is 1. The lowest BCUT2D eigenvalue weighted by Crippen LogP contribution is -2.48. The zero-order valence-electron chi connectivity index (χ0n) is 17.6. The van der Waals surface area contributed by atoms with E-state index >= 15 is 0 Å². The van der Waals surface area contributed by atoms with Gasteiger partial charge in [-0.05, 0) is 29.8 Å². The number of benzene rings is 2. The summed E-state index contributed by atoms with van der Waals surface area (Å²) in [7, 11) is 0. The van der Waals surface area contributed by atoms with E-state index in [0.717, 1.165) is 24.4 Å². The van der Waals surface area contributed by atoms with Gasteiger partial charge in [-0.2, -0.15) is 0 Å². The van der Waals surface area contributed by atoms with E-state index in [0.29, 0.717) is 44.2 Å². The summed E-state index contributed by atoms with van der Waals surface area (Å²) in [6.45, 7) is 4.16. The van der Waals surface area contributed by atoms with Crippen molar-refractivity contribution in [2.45, 2.75) is 19.2 Å². The summed E-state index contributed by atoms with van der Waals surface area (Å²) in [6, 6.07) is 14.2. The molecule has 0 spiro atoms. The first-order valence-electron chi connectivity index (χ1n) is 10.7. The summed E-state index contributed by atoms with van der Waals surface area (Å²) in [5, 5.41) is 8.17. The van der Waals surface area contributed by atoms with E-state index in [1.165, 1.54) is 6.07 Å². The molecule has 1 saturated heterocycles. The maximum atomic E-state index is 13.4. The first-order valence-corrected chi connectivity index (χ1v) is 10.7. The number of nitrogens with zero attached hydrogens (tertiary/aromatic N) is 5. The number of para-hydroxylation sites is 2. The van der Waals surface area contributed by atoms with Crippen molar-refractivity contribution in [2.24, 2.45) is 0 Å². The average Bonchev–Trinajstić information content (AvgIpc) is 3.27. The van der Waals surface area contributed by atoms with Gasteiger partial charge in [0.1, 0.15) is 12.4 Å². The number of ether oxygens (including phenoxy) is 2. The van der Waals surface area contributed by atoms with E-state index in [9.17, 15) is 9.18 Å². The molecule has 32 heavy (non-hydrogen) atoms. The molecule has 0 N–H and O–H groups in total. The lowest BCUT2D eigenvalue weighted by Gasteiger charge is -2.34. The van der Waals surface area contributed by atoms with Gasteiger partial charge >= 0.3 is 0 Å². The van der Waals surface area contributed by atoms with Crippen LogP contribution in [0.4, 0.5) is 4.39 Å². The molecule has 2 aliphatic rings. The molecule has 8 nitrogen and oxygen atoms in total. The predicted molar refractivity (Wildman–Crippen MR) is 114 cm³/mol. The van der Waals surface area contributed by atoms with Crippen molar-refractivity contribution in [2.75, 3.05) is 32.8 Å². The van der Waals surface area contributed by atoms with Crippen LogP contribution >= 0.6 is 0 Å². The van der Waals surface area contributed by atoms with Gasteiger partial charge in [0.2, 0.25) is 0 Å². The first kappa shape index (κ1) is 20.4. The normalized spacial score (nSPS) is 18.5. The van der Waals surface area contributed by atoms with Crippen molar-refractivity contribution in [3.8, 4) is 11.5 Å². The van der Waals surface area contributed by atoms with Crippen molar-refractivity contribution in [3.63, 3.8) is 0 Å². The zero-order valence-corrected chi connectivity index (χ0v) is 17.6. The summed E-state index contributed by atoms with van der Waals surface area (Å²) in [4.78, 5) is 16.9. The van der Waals surface area contributed by atoms with Gasteiger partial charge in [0.15, 0.2) is 23.3 Å². The number of aromatic nitrogens is 3. The number of hydrogen-bond acceptors (Lipinski definition) is 6. The second kappa shape index (κ2) is 8.96. The molecule has 3 heterocycles. The Labute approximate surface area is 185 Å². The average molecular weight is 437 g/mol. The molecule has 3 aromatic rings. The summed E-state index contributed by atoms with van der Waals surface area (Å²) in [6.07, 6.45) is 1.45. The van der Waals surface area contributed by atoms with Crippen LogP contribution in [0.1, 0.15) is 16.1 Å². The van der Waals surface area contributed by atoms with E-state index in [4.69, 9.17) is 9.47 Å². The number of carbonyl (C=O) groups is 1. The minimum Gasteiger partial charge on any atom is -0.486 e. The third-order valence-corrected chi connectivity index (χ3v) is 5.67. The Hall–Kier alpha value is -3.46. The Morgan fingerprint density at radius 1 is 1.06 bits per heavy atom. The van der Waals surface area contributed by atoms with Gasteiger partial charge < -0.3 is 14.4 Å². The highest BCUT2D eigenvalue weighted by molar-refractivity contribution is 5.92. The van der Waals surface area contributed by atoms with E-state index in [1.807, 2.05) is 30.3 Å².